The number of hydrogen-bond acceptors (Lipinski definition) is 2. The monoisotopic (exact) mass is 113 g/mol. The van der Waals surface area contributed by atoms with Crippen molar-refractivity contribution in [3.63, 3.8) is 0 Å². The van der Waals surface area contributed by atoms with Crippen LogP contribution in [0.25, 0.3) is 0 Å². The lowest BCUT2D eigenvalue weighted by Crippen LogP contribution is -2.08. The van der Waals surface area contributed by atoms with Crippen molar-refractivity contribution in [3.05, 3.63) is 0 Å². The first-order valence-electron chi connectivity index (χ1n) is 3.27. The summed E-state index contributed by atoms with van der Waals surface area (Å²) in [5, 5.41) is 0. The van der Waals surface area contributed by atoms with E-state index >= 15 is 0 Å². The van der Waals surface area contributed by atoms with Crippen LogP contribution < -0.4 is 5.73 Å². The van der Waals surface area contributed by atoms with E-state index in [9.17, 15) is 0 Å². The maximum atomic E-state index is 5.65. The maximum absolute atomic E-state index is 5.65. The van der Waals surface area contributed by atoms with Crippen LogP contribution in [0.3, 0.4) is 0 Å². The second kappa shape index (κ2) is 1.45. The molecular formula is C6H11NO. The lowest BCUT2D eigenvalue weighted by molar-refractivity contribution is 0.0783. The third-order valence-corrected chi connectivity index (χ3v) is 2.15. The Morgan fingerprint density at radius 2 is 2.38 bits per heavy atom. The van der Waals surface area contributed by atoms with Crippen molar-refractivity contribution < 1.29 is 4.74 Å². The van der Waals surface area contributed by atoms with Crippen LogP contribution in [0.1, 0.15) is 12.8 Å². The lowest BCUT2D eigenvalue weighted by atomic mass is 10.2. The van der Waals surface area contributed by atoms with Crippen molar-refractivity contribution in [2.24, 2.45) is 11.7 Å². The van der Waals surface area contributed by atoms with Gasteiger partial charge in [0.2, 0.25) is 0 Å². The molecule has 2 N–H and O–H groups in total. The smallest absolute Gasteiger partial charge is 0.0773 e. The normalized spacial score (nSPS) is 52.9. The highest BCUT2D eigenvalue weighted by molar-refractivity contribution is 5.04. The standard InChI is InChI=1S/C6H11NO/c7-5-4-2-1-3-8-6(4)5/h4-6H,1-3,7H2/t4-,5-,6-/m1/s1. The molecule has 1 saturated heterocycles. The molecule has 0 aromatic heterocycles. The fourth-order valence-corrected chi connectivity index (χ4v) is 1.50. The van der Waals surface area contributed by atoms with Crippen molar-refractivity contribution in [2.75, 3.05) is 6.61 Å². The molecule has 0 aromatic rings. The van der Waals surface area contributed by atoms with Crippen LogP contribution in [0.2, 0.25) is 0 Å². The fourth-order valence-electron chi connectivity index (χ4n) is 1.50. The third-order valence-electron chi connectivity index (χ3n) is 2.15. The molecule has 1 aliphatic carbocycles. The molecule has 2 nitrogen and oxygen atoms in total. The molecule has 0 spiro atoms. The average Bonchev–Trinajstić information content (AvgIpc) is 2.46. The summed E-state index contributed by atoms with van der Waals surface area (Å²) in [6.07, 6.45) is 2.96. The molecule has 3 atom stereocenters. The van der Waals surface area contributed by atoms with Gasteiger partial charge in [0, 0.05) is 18.6 Å². The number of fused-ring (bicyclic) bond motifs is 1. The van der Waals surface area contributed by atoms with Crippen LogP contribution in [0, 0.1) is 5.92 Å². The minimum atomic E-state index is 0.387. The molecule has 2 fully saturated rings. The molecule has 0 aromatic carbocycles. The Balaban J connectivity index is 1.97. The minimum absolute atomic E-state index is 0.387. The zero-order chi connectivity index (χ0) is 5.56. The third kappa shape index (κ3) is 0.501. The Kier molecular flexibility index (Phi) is 0.866. The quantitative estimate of drug-likeness (QED) is 0.484. The van der Waals surface area contributed by atoms with Crippen LogP contribution in [0.15, 0.2) is 0 Å². The molecule has 1 saturated carbocycles. The van der Waals surface area contributed by atoms with Gasteiger partial charge in [-0.15, -0.1) is 0 Å². The molecule has 2 rings (SSSR count). The molecule has 46 valence electrons. The number of hydrogen-bond donors (Lipinski definition) is 1. The molecule has 1 heterocycles. The highest BCUT2D eigenvalue weighted by Gasteiger charge is 2.49. The van der Waals surface area contributed by atoms with Crippen LogP contribution in [0.4, 0.5) is 0 Å². The zero-order valence-electron chi connectivity index (χ0n) is 4.84. The van der Waals surface area contributed by atoms with Gasteiger partial charge in [-0.1, -0.05) is 0 Å². The highest BCUT2D eigenvalue weighted by atomic mass is 16.5. The first kappa shape index (κ1) is 4.77. The molecule has 0 amide bonds. The summed E-state index contributed by atoms with van der Waals surface area (Å²) in [5.41, 5.74) is 5.65. The second-order valence-electron chi connectivity index (χ2n) is 2.72. The van der Waals surface area contributed by atoms with Gasteiger partial charge in [0.1, 0.15) is 0 Å². The van der Waals surface area contributed by atoms with Crippen LogP contribution in [-0.4, -0.2) is 18.8 Å². The summed E-state index contributed by atoms with van der Waals surface area (Å²) in [7, 11) is 0. The van der Waals surface area contributed by atoms with Crippen molar-refractivity contribution in [2.45, 2.75) is 25.0 Å². The van der Waals surface area contributed by atoms with Gasteiger partial charge >= 0.3 is 0 Å². The van der Waals surface area contributed by atoms with Gasteiger partial charge < -0.3 is 10.5 Å². The molecule has 2 aliphatic rings. The van der Waals surface area contributed by atoms with E-state index in [1.165, 1.54) is 12.8 Å². The zero-order valence-corrected chi connectivity index (χ0v) is 4.84. The molecule has 0 bridgehead atoms. The lowest BCUT2D eigenvalue weighted by Gasteiger charge is -2.06. The molecule has 1 aliphatic heterocycles. The van der Waals surface area contributed by atoms with E-state index in [0.29, 0.717) is 12.1 Å². The summed E-state index contributed by atoms with van der Waals surface area (Å²) in [5.74, 6) is 0.726. The van der Waals surface area contributed by atoms with E-state index in [1.54, 1.807) is 0 Å². The van der Waals surface area contributed by atoms with Gasteiger partial charge in [-0.2, -0.15) is 0 Å². The minimum Gasteiger partial charge on any atom is -0.376 e. The average molecular weight is 113 g/mol. The van der Waals surface area contributed by atoms with Gasteiger partial charge in [0.25, 0.3) is 0 Å². The molecule has 0 radical (unpaired) electrons. The summed E-state index contributed by atoms with van der Waals surface area (Å²) >= 11 is 0. The molecular weight excluding hydrogens is 102 g/mol. The number of rotatable bonds is 0. The summed E-state index contributed by atoms with van der Waals surface area (Å²) in [6.45, 7) is 0.939. The topological polar surface area (TPSA) is 35.2 Å². The first-order valence-corrected chi connectivity index (χ1v) is 3.27. The van der Waals surface area contributed by atoms with E-state index in [1.807, 2.05) is 0 Å². The Hall–Kier alpha value is -0.0800. The van der Waals surface area contributed by atoms with E-state index in [2.05, 4.69) is 0 Å². The molecule has 0 unspecified atom stereocenters. The Bertz CT molecular complexity index is 92.7. The van der Waals surface area contributed by atoms with Crippen molar-refractivity contribution in [3.8, 4) is 0 Å². The van der Waals surface area contributed by atoms with Crippen LogP contribution in [-0.2, 0) is 4.74 Å². The van der Waals surface area contributed by atoms with Crippen LogP contribution >= 0.6 is 0 Å². The summed E-state index contributed by atoms with van der Waals surface area (Å²) < 4.78 is 5.34. The highest BCUT2D eigenvalue weighted by Crippen LogP contribution is 2.39. The van der Waals surface area contributed by atoms with Crippen LogP contribution in [0.5, 0.6) is 0 Å². The molecule has 2 heteroatoms. The van der Waals surface area contributed by atoms with Gasteiger partial charge in [-0.05, 0) is 12.8 Å². The van der Waals surface area contributed by atoms with E-state index in [4.69, 9.17) is 10.5 Å². The Morgan fingerprint density at radius 3 is 2.88 bits per heavy atom. The summed E-state index contributed by atoms with van der Waals surface area (Å²) in [4.78, 5) is 0. The number of nitrogens with two attached hydrogens (primary N) is 1. The molecule has 8 heavy (non-hydrogen) atoms. The van der Waals surface area contributed by atoms with E-state index < -0.39 is 0 Å². The van der Waals surface area contributed by atoms with Gasteiger partial charge in [-0.25, -0.2) is 0 Å². The van der Waals surface area contributed by atoms with Crippen molar-refractivity contribution in [1.82, 2.24) is 0 Å². The SMILES string of the molecule is N[C@@H]1[C@H]2CCCO[C@@H]12. The predicted molar refractivity (Wildman–Crippen MR) is 30.4 cm³/mol. The van der Waals surface area contributed by atoms with Gasteiger partial charge in [0.05, 0.1) is 6.10 Å². The predicted octanol–water partition coefficient (Wildman–Crippen LogP) is 0.122. The first-order chi connectivity index (χ1) is 3.89. The second-order valence-corrected chi connectivity index (χ2v) is 2.72. The number of ether oxygens (including phenoxy) is 1. The van der Waals surface area contributed by atoms with E-state index in [-0.39, 0.29) is 0 Å². The largest absolute Gasteiger partial charge is 0.376 e. The van der Waals surface area contributed by atoms with Gasteiger partial charge in [0.15, 0.2) is 0 Å². The van der Waals surface area contributed by atoms with Crippen molar-refractivity contribution >= 4 is 0 Å². The van der Waals surface area contributed by atoms with Gasteiger partial charge in [-0.3, -0.25) is 0 Å². The Morgan fingerprint density at radius 1 is 1.50 bits per heavy atom. The maximum Gasteiger partial charge on any atom is 0.0773 e. The Labute approximate surface area is 49.0 Å². The van der Waals surface area contributed by atoms with Crippen molar-refractivity contribution in [1.29, 1.82) is 0 Å². The van der Waals surface area contributed by atoms with E-state index in [0.717, 1.165) is 12.5 Å². The summed E-state index contributed by atoms with van der Waals surface area (Å²) in [6, 6.07) is 0.387. The fraction of sp³-hybridized carbons (Fsp3) is 1.00.